The van der Waals surface area contributed by atoms with E-state index in [1.54, 1.807) is 0 Å². The molecule has 1 aliphatic rings. The predicted molar refractivity (Wildman–Crippen MR) is 77.2 cm³/mol. The molecule has 0 aromatic carbocycles. The minimum Gasteiger partial charge on any atom is -0.353 e. The molecule has 0 spiro atoms. The molecular formula is C14H25ClN2O2. The Morgan fingerprint density at radius 2 is 1.95 bits per heavy atom. The molecule has 1 rings (SSSR count). The normalized spacial score (nSPS) is 16.7. The minimum atomic E-state index is 0.0765. The van der Waals surface area contributed by atoms with E-state index in [0.29, 0.717) is 24.6 Å². The van der Waals surface area contributed by atoms with Crippen molar-refractivity contribution in [3.8, 4) is 0 Å². The van der Waals surface area contributed by atoms with Crippen LogP contribution in [0.1, 0.15) is 46.0 Å². The van der Waals surface area contributed by atoms with Crippen molar-refractivity contribution in [1.82, 2.24) is 10.2 Å². The summed E-state index contributed by atoms with van der Waals surface area (Å²) in [7, 11) is 0. The molecule has 2 amide bonds. The Morgan fingerprint density at radius 3 is 2.47 bits per heavy atom. The topological polar surface area (TPSA) is 49.4 Å². The van der Waals surface area contributed by atoms with Crippen molar-refractivity contribution < 1.29 is 9.59 Å². The van der Waals surface area contributed by atoms with Gasteiger partial charge in [-0.2, -0.15) is 0 Å². The van der Waals surface area contributed by atoms with Gasteiger partial charge in [0.2, 0.25) is 11.8 Å². The highest BCUT2D eigenvalue weighted by Gasteiger charge is 2.23. The molecule has 0 saturated carbocycles. The van der Waals surface area contributed by atoms with Crippen molar-refractivity contribution >= 4 is 23.4 Å². The van der Waals surface area contributed by atoms with Crippen LogP contribution in [0.3, 0.4) is 0 Å². The van der Waals surface area contributed by atoms with Crippen molar-refractivity contribution in [2.75, 3.05) is 19.0 Å². The zero-order valence-electron chi connectivity index (χ0n) is 12.0. The maximum Gasteiger partial charge on any atom is 0.222 e. The van der Waals surface area contributed by atoms with Gasteiger partial charge in [0, 0.05) is 37.9 Å². The standard InChI is InChI=1S/C14H25ClN2O2/c1-11(2)10-14(19)17-8-5-12(6-9-17)16-13(18)4-3-7-15/h11-12H,3-10H2,1-2H3,(H,16,18). The molecule has 1 saturated heterocycles. The van der Waals surface area contributed by atoms with Crippen LogP contribution in [0.4, 0.5) is 0 Å². The van der Waals surface area contributed by atoms with Crippen LogP contribution in [0.2, 0.25) is 0 Å². The molecule has 0 radical (unpaired) electrons. The summed E-state index contributed by atoms with van der Waals surface area (Å²) in [5.41, 5.74) is 0. The van der Waals surface area contributed by atoms with Crippen LogP contribution in [-0.4, -0.2) is 41.7 Å². The average molecular weight is 289 g/mol. The molecule has 110 valence electrons. The molecule has 1 fully saturated rings. The zero-order chi connectivity index (χ0) is 14.3. The summed E-state index contributed by atoms with van der Waals surface area (Å²) >= 11 is 5.56. The Hall–Kier alpha value is -0.770. The number of carbonyl (C=O) groups excluding carboxylic acids is 2. The minimum absolute atomic E-state index is 0.0765. The van der Waals surface area contributed by atoms with Gasteiger partial charge in [-0.3, -0.25) is 9.59 Å². The van der Waals surface area contributed by atoms with E-state index in [0.717, 1.165) is 32.4 Å². The number of likely N-dealkylation sites (tertiary alicyclic amines) is 1. The van der Waals surface area contributed by atoms with Gasteiger partial charge >= 0.3 is 0 Å². The van der Waals surface area contributed by atoms with Gasteiger partial charge in [-0.15, -0.1) is 11.6 Å². The first-order chi connectivity index (χ1) is 9.02. The number of alkyl halides is 1. The number of hydrogen-bond acceptors (Lipinski definition) is 2. The van der Waals surface area contributed by atoms with Crippen LogP contribution < -0.4 is 5.32 Å². The second kappa shape index (κ2) is 8.41. The lowest BCUT2D eigenvalue weighted by Gasteiger charge is -2.32. The first kappa shape index (κ1) is 16.3. The number of halogens is 1. The van der Waals surface area contributed by atoms with E-state index in [1.165, 1.54) is 0 Å². The van der Waals surface area contributed by atoms with E-state index in [-0.39, 0.29) is 17.9 Å². The molecule has 1 heterocycles. The van der Waals surface area contributed by atoms with Crippen LogP contribution in [0.15, 0.2) is 0 Å². The van der Waals surface area contributed by atoms with E-state index in [9.17, 15) is 9.59 Å². The number of rotatable bonds is 6. The summed E-state index contributed by atoms with van der Waals surface area (Å²) in [6.07, 6.45) is 3.55. The second-order valence-electron chi connectivity index (χ2n) is 5.61. The molecule has 0 bridgehead atoms. The van der Waals surface area contributed by atoms with Gasteiger partial charge in [0.05, 0.1) is 0 Å². The quantitative estimate of drug-likeness (QED) is 0.762. The zero-order valence-corrected chi connectivity index (χ0v) is 12.7. The lowest BCUT2D eigenvalue weighted by molar-refractivity contribution is -0.133. The Bertz CT molecular complexity index is 300. The molecular weight excluding hydrogens is 264 g/mol. The largest absolute Gasteiger partial charge is 0.353 e. The van der Waals surface area contributed by atoms with Crippen molar-refractivity contribution in [2.24, 2.45) is 5.92 Å². The molecule has 0 aliphatic carbocycles. The summed E-state index contributed by atoms with van der Waals surface area (Å²) in [5, 5.41) is 3.02. The third-order valence-electron chi connectivity index (χ3n) is 3.33. The third kappa shape index (κ3) is 6.28. The Kier molecular flexibility index (Phi) is 7.21. The van der Waals surface area contributed by atoms with Gasteiger partial charge in [-0.25, -0.2) is 0 Å². The summed E-state index contributed by atoms with van der Waals surface area (Å²) < 4.78 is 0. The summed E-state index contributed by atoms with van der Waals surface area (Å²) in [4.78, 5) is 25.4. The Labute approximate surface area is 120 Å². The monoisotopic (exact) mass is 288 g/mol. The highest BCUT2D eigenvalue weighted by Crippen LogP contribution is 2.13. The van der Waals surface area contributed by atoms with E-state index in [2.05, 4.69) is 19.2 Å². The van der Waals surface area contributed by atoms with Crippen LogP contribution in [0, 0.1) is 5.92 Å². The van der Waals surface area contributed by atoms with Gasteiger partial charge in [-0.05, 0) is 25.2 Å². The Morgan fingerprint density at radius 1 is 1.32 bits per heavy atom. The highest BCUT2D eigenvalue weighted by molar-refractivity contribution is 6.17. The maximum absolute atomic E-state index is 11.9. The highest BCUT2D eigenvalue weighted by atomic mass is 35.5. The number of carbonyl (C=O) groups is 2. The van der Waals surface area contributed by atoms with Gasteiger partial charge in [0.25, 0.3) is 0 Å². The van der Waals surface area contributed by atoms with Gasteiger partial charge in [-0.1, -0.05) is 13.8 Å². The van der Waals surface area contributed by atoms with E-state index < -0.39 is 0 Å². The summed E-state index contributed by atoms with van der Waals surface area (Å²) in [5.74, 6) is 1.24. The van der Waals surface area contributed by atoms with Crippen LogP contribution in [-0.2, 0) is 9.59 Å². The number of nitrogens with one attached hydrogen (secondary N) is 1. The SMILES string of the molecule is CC(C)CC(=O)N1CCC(NC(=O)CCCCl)CC1. The first-order valence-corrected chi connectivity index (χ1v) is 7.69. The molecule has 0 atom stereocenters. The molecule has 1 aliphatic heterocycles. The van der Waals surface area contributed by atoms with Gasteiger partial charge in [0.1, 0.15) is 0 Å². The molecule has 0 aromatic heterocycles. The van der Waals surface area contributed by atoms with Crippen molar-refractivity contribution in [1.29, 1.82) is 0 Å². The lowest BCUT2D eigenvalue weighted by atomic mass is 10.0. The van der Waals surface area contributed by atoms with E-state index in [1.807, 2.05) is 4.90 Å². The third-order valence-corrected chi connectivity index (χ3v) is 3.60. The van der Waals surface area contributed by atoms with Crippen LogP contribution in [0.5, 0.6) is 0 Å². The van der Waals surface area contributed by atoms with E-state index >= 15 is 0 Å². The molecule has 0 unspecified atom stereocenters. The van der Waals surface area contributed by atoms with Crippen LogP contribution >= 0.6 is 11.6 Å². The fourth-order valence-electron chi connectivity index (χ4n) is 2.28. The lowest BCUT2D eigenvalue weighted by Crippen LogP contribution is -2.46. The fraction of sp³-hybridized carbons (Fsp3) is 0.857. The number of piperidine rings is 1. The summed E-state index contributed by atoms with van der Waals surface area (Å²) in [6.45, 7) is 5.63. The maximum atomic E-state index is 11.9. The van der Waals surface area contributed by atoms with Crippen molar-refractivity contribution in [2.45, 2.75) is 52.0 Å². The van der Waals surface area contributed by atoms with Gasteiger partial charge in [0.15, 0.2) is 0 Å². The summed E-state index contributed by atoms with van der Waals surface area (Å²) in [6, 6.07) is 0.214. The van der Waals surface area contributed by atoms with Crippen molar-refractivity contribution in [3.63, 3.8) is 0 Å². The molecule has 0 aromatic rings. The smallest absolute Gasteiger partial charge is 0.222 e. The predicted octanol–water partition coefficient (Wildman–Crippen LogP) is 2.16. The Balaban J connectivity index is 2.25. The van der Waals surface area contributed by atoms with E-state index in [4.69, 9.17) is 11.6 Å². The van der Waals surface area contributed by atoms with Crippen molar-refractivity contribution in [3.05, 3.63) is 0 Å². The molecule has 4 nitrogen and oxygen atoms in total. The molecule has 1 N–H and O–H groups in total. The second-order valence-corrected chi connectivity index (χ2v) is 5.99. The number of hydrogen-bond donors (Lipinski definition) is 1. The molecule has 5 heteroatoms. The number of nitrogens with zero attached hydrogens (tertiary/aromatic N) is 1. The number of amides is 2. The fourth-order valence-corrected chi connectivity index (χ4v) is 2.41. The van der Waals surface area contributed by atoms with Gasteiger partial charge < -0.3 is 10.2 Å². The average Bonchev–Trinajstić information content (AvgIpc) is 2.36. The molecule has 19 heavy (non-hydrogen) atoms. The van der Waals surface area contributed by atoms with Crippen LogP contribution in [0.25, 0.3) is 0 Å². The first-order valence-electron chi connectivity index (χ1n) is 7.16.